The fraction of sp³-hybridized carbons (Fsp3) is 0.667. The smallest absolute Gasteiger partial charge is 0.224 e. The Bertz CT molecular complexity index is 390. The van der Waals surface area contributed by atoms with Crippen LogP contribution in [0.4, 0.5) is 11.8 Å². The molecule has 2 heterocycles. The first-order valence-electron chi connectivity index (χ1n) is 6.39. The predicted molar refractivity (Wildman–Crippen MR) is 68.1 cm³/mol. The average molecular weight is 233 g/mol. The highest BCUT2D eigenvalue weighted by Gasteiger charge is 2.22. The maximum atomic E-state index is 5.91. The largest absolute Gasteiger partial charge is 0.355 e. The van der Waals surface area contributed by atoms with Crippen molar-refractivity contribution in [3.05, 3.63) is 12.3 Å². The number of hydrogen-bond donors (Lipinski definition) is 2. The van der Waals surface area contributed by atoms with Gasteiger partial charge in [-0.15, -0.1) is 0 Å². The van der Waals surface area contributed by atoms with Crippen molar-refractivity contribution >= 4 is 11.8 Å². The van der Waals surface area contributed by atoms with Crippen LogP contribution in [0.1, 0.15) is 19.3 Å². The highest BCUT2D eigenvalue weighted by molar-refractivity contribution is 5.43. The predicted octanol–water partition coefficient (Wildman–Crippen LogP) is 0.836. The molecule has 2 fully saturated rings. The Morgan fingerprint density at radius 1 is 1.41 bits per heavy atom. The number of anilines is 2. The van der Waals surface area contributed by atoms with E-state index in [9.17, 15) is 0 Å². The number of nitrogens with zero attached hydrogens (tertiary/aromatic N) is 3. The van der Waals surface area contributed by atoms with E-state index in [0.29, 0.717) is 0 Å². The molecule has 5 heteroatoms. The Morgan fingerprint density at radius 3 is 3.00 bits per heavy atom. The molecule has 1 saturated carbocycles. The SMILES string of the molecule is NC1CCN(c2ccnc(NCC3CC3)n2)C1. The highest BCUT2D eigenvalue weighted by atomic mass is 15.2. The normalized spacial score (nSPS) is 24.1. The van der Waals surface area contributed by atoms with Crippen molar-refractivity contribution in [2.45, 2.75) is 25.3 Å². The quantitative estimate of drug-likeness (QED) is 0.806. The Morgan fingerprint density at radius 2 is 2.29 bits per heavy atom. The zero-order chi connectivity index (χ0) is 11.7. The second-order valence-corrected chi connectivity index (χ2v) is 5.06. The number of nitrogens with two attached hydrogens (primary N) is 1. The molecular weight excluding hydrogens is 214 g/mol. The molecule has 2 aliphatic rings. The van der Waals surface area contributed by atoms with Crippen LogP contribution in [-0.4, -0.2) is 35.6 Å². The average Bonchev–Trinajstić information content (AvgIpc) is 3.08. The first-order valence-corrected chi connectivity index (χ1v) is 6.39. The molecule has 1 aromatic rings. The summed E-state index contributed by atoms with van der Waals surface area (Å²) in [6.07, 6.45) is 5.55. The van der Waals surface area contributed by atoms with Gasteiger partial charge >= 0.3 is 0 Å². The van der Waals surface area contributed by atoms with Gasteiger partial charge in [0.1, 0.15) is 5.82 Å². The molecule has 1 atom stereocenters. The monoisotopic (exact) mass is 233 g/mol. The van der Waals surface area contributed by atoms with Gasteiger partial charge in [0.15, 0.2) is 0 Å². The molecule has 1 aliphatic heterocycles. The molecule has 92 valence electrons. The number of nitrogens with one attached hydrogen (secondary N) is 1. The fourth-order valence-corrected chi connectivity index (χ4v) is 2.16. The fourth-order valence-electron chi connectivity index (χ4n) is 2.16. The molecule has 0 amide bonds. The van der Waals surface area contributed by atoms with Crippen molar-refractivity contribution in [1.29, 1.82) is 0 Å². The van der Waals surface area contributed by atoms with E-state index in [1.807, 2.05) is 12.3 Å². The first-order chi connectivity index (χ1) is 8.31. The summed E-state index contributed by atoms with van der Waals surface area (Å²) >= 11 is 0. The van der Waals surface area contributed by atoms with Crippen LogP contribution in [0.3, 0.4) is 0 Å². The van der Waals surface area contributed by atoms with E-state index in [1.165, 1.54) is 12.8 Å². The summed E-state index contributed by atoms with van der Waals surface area (Å²) in [4.78, 5) is 11.0. The zero-order valence-corrected chi connectivity index (χ0v) is 9.97. The molecule has 0 bridgehead atoms. The minimum absolute atomic E-state index is 0.285. The van der Waals surface area contributed by atoms with Crippen molar-refractivity contribution in [2.75, 3.05) is 29.9 Å². The van der Waals surface area contributed by atoms with Crippen molar-refractivity contribution < 1.29 is 0 Å². The molecule has 17 heavy (non-hydrogen) atoms. The maximum Gasteiger partial charge on any atom is 0.224 e. The molecular formula is C12H19N5. The van der Waals surface area contributed by atoms with Gasteiger partial charge < -0.3 is 16.0 Å². The molecule has 1 unspecified atom stereocenters. The topological polar surface area (TPSA) is 67.1 Å². The van der Waals surface area contributed by atoms with E-state index in [4.69, 9.17) is 5.73 Å². The van der Waals surface area contributed by atoms with Crippen LogP contribution in [0.15, 0.2) is 12.3 Å². The third-order valence-electron chi connectivity index (χ3n) is 3.44. The van der Waals surface area contributed by atoms with Gasteiger partial charge in [-0.3, -0.25) is 0 Å². The third kappa shape index (κ3) is 2.66. The second kappa shape index (κ2) is 4.49. The molecule has 0 radical (unpaired) electrons. The highest BCUT2D eigenvalue weighted by Crippen LogP contribution is 2.28. The lowest BCUT2D eigenvalue weighted by molar-refractivity contribution is 0.751. The maximum absolute atomic E-state index is 5.91. The Balaban J connectivity index is 1.65. The van der Waals surface area contributed by atoms with Gasteiger partial charge in [-0.25, -0.2) is 4.98 Å². The van der Waals surface area contributed by atoms with E-state index in [-0.39, 0.29) is 6.04 Å². The minimum atomic E-state index is 0.285. The van der Waals surface area contributed by atoms with Crippen LogP contribution in [0, 0.1) is 5.92 Å². The van der Waals surface area contributed by atoms with Gasteiger partial charge in [-0.1, -0.05) is 0 Å². The van der Waals surface area contributed by atoms with Crippen LogP contribution in [0.25, 0.3) is 0 Å². The summed E-state index contributed by atoms with van der Waals surface area (Å²) in [6.45, 7) is 2.91. The van der Waals surface area contributed by atoms with Crippen molar-refractivity contribution in [1.82, 2.24) is 9.97 Å². The lowest BCUT2D eigenvalue weighted by Gasteiger charge is -2.17. The van der Waals surface area contributed by atoms with E-state index >= 15 is 0 Å². The van der Waals surface area contributed by atoms with E-state index < -0.39 is 0 Å². The number of aromatic nitrogens is 2. The molecule has 3 N–H and O–H groups in total. The van der Waals surface area contributed by atoms with Crippen LogP contribution in [0.5, 0.6) is 0 Å². The summed E-state index contributed by atoms with van der Waals surface area (Å²) in [7, 11) is 0. The van der Waals surface area contributed by atoms with Gasteiger partial charge in [0.2, 0.25) is 5.95 Å². The van der Waals surface area contributed by atoms with E-state index in [1.54, 1.807) is 0 Å². The lowest BCUT2D eigenvalue weighted by atomic mass is 10.3. The van der Waals surface area contributed by atoms with Gasteiger partial charge in [-0.05, 0) is 31.2 Å². The molecule has 1 aliphatic carbocycles. The number of hydrogen-bond acceptors (Lipinski definition) is 5. The van der Waals surface area contributed by atoms with E-state index in [0.717, 1.165) is 43.7 Å². The van der Waals surface area contributed by atoms with Crippen LogP contribution in [0.2, 0.25) is 0 Å². The molecule has 0 spiro atoms. The van der Waals surface area contributed by atoms with Crippen LogP contribution in [-0.2, 0) is 0 Å². The molecule has 1 saturated heterocycles. The summed E-state index contributed by atoms with van der Waals surface area (Å²) in [6, 6.07) is 2.24. The van der Waals surface area contributed by atoms with E-state index in [2.05, 4.69) is 20.2 Å². The van der Waals surface area contributed by atoms with Crippen molar-refractivity contribution in [3.8, 4) is 0 Å². The first kappa shape index (κ1) is 10.8. The third-order valence-corrected chi connectivity index (χ3v) is 3.44. The van der Waals surface area contributed by atoms with Gasteiger partial charge in [0.05, 0.1) is 0 Å². The van der Waals surface area contributed by atoms with Gasteiger partial charge in [0, 0.05) is 31.9 Å². The number of rotatable bonds is 4. The van der Waals surface area contributed by atoms with Crippen molar-refractivity contribution in [2.24, 2.45) is 11.7 Å². The minimum Gasteiger partial charge on any atom is -0.355 e. The second-order valence-electron chi connectivity index (χ2n) is 5.06. The lowest BCUT2D eigenvalue weighted by Crippen LogP contribution is -2.27. The van der Waals surface area contributed by atoms with Crippen LogP contribution < -0.4 is 16.0 Å². The summed E-state index contributed by atoms with van der Waals surface area (Å²) in [5.41, 5.74) is 5.91. The Hall–Kier alpha value is -1.36. The van der Waals surface area contributed by atoms with Crippen molar-refractivity contribution in [3.63, 3.8) is 0 Å². The van der Waals surface area contributed by atoms with Gasteiger partial charge in [-0.2, -0.15) is 4.98 Å². The molecule has 0 aromatic carbocycles. The van der Waals surface area contributed by atoms with Gasteiger partial charge in [0.25, 0.3) is 0 Å². The Kier molecular flexibility index (Phi) is 2.84. The standard InChI is InChI=1S/C12H19N5/c13-10-4-6-17(8-10)11-3-5-14-12(16-11)15-7-9-1-2-9/h3,5,9-10H,1-2,4,6-8,13H2,(H,14,15,16). The zero-order valence-electron chi connectivity index (χ0n) is 9.97. The molecule has 5 nitrogen and oxygen atoms in total. The summed E-state index contributed by atoms with van der Waals surface area (Å²) in [5, 5.41) is 3.30. The molecule has 1 aromatic heterocycles. The molecule has 3 rings (SSSR count). The van der Waals surface area contributed by atoms with Crippen LogP contribution >= 0.6 is 0 Å². The summed E-state index contributed by atoms with van der Waals surface area (Å²) in [5.74, 6) is 2.57. The summed E-state index contributed by atoms with van der Waals surface area (Å²) < 4.78 is 0. The Labute approximate surface area is 101 Å².